The largest absolute Gasteiger partial charge is 0.356 e. The molecule has 0 aliphatic heterocycles. The molecule has 0 aliphatic rings. The van der Waals surface area contributed by atoms with E-state index < -0.39 is 0 Å². The summed E-state index contributed by atoms with van der Waals surface area (Å²) in [5.74, 6) is 0. The highest BCUT2D eigenvalue weighted by atomic mass is 35.5. The van der Waals surface area contributed by atoms with Crippen molar-refractivity contribution >= 4 is 126 Å². The zero-order valence-corrected chi connectivity index (χ0v) is 66.5. The summed E-state index contributed by atoms with van der Waals surface area (Å²) in [4.78, 5) is 2.40. The van der Waals surface area contributed by atoms with Crippen LogP contribution in [0.1, 0.15) is 7.43 Å². The van der Waals surface area contributed by atoms with Gasteiger partial charge in [0.2, 0.25) is 0 Å². The molecule has 0 amide bonds. The molecule has 0 spiro atoms. The van der Waals surface area contributed by atoms with Gasteiger partial charge in [-0.15, -0.1) is 0 Å². The molecule has 0 aromatic heterocycles. The third-order valence-corrected chi connectivity index (χ3v) is 23.4. The molecule has 1 N–H and O–H groups in total. The molecule has 4 heteroatoms. The lowest BCUT2D eigenvalue weighted by molar-refractivity contribution is 1.11. The van der Waals surface area contributed by atoms with Gasteiger partial charge in [-0.2, -0.15) is 0 Å². The van der Waals surface area contributed by atoms with Crippen molar-refractivity contribution in [2.75, 3.05) is 10.2 Å². The van der Waals surface area contributed by atoms with Crippen molar-refractivity contribution in [3.63, 3.8) is 0 Å². The number of halogens is 2. The zero-order chi connectivity index (χ0) is 79.4. The molecule has 22 aromatic rings. The summed E-state index contributed by atoms with van der Waals surface area (Å²) in [6.45, 7) is 0. The van der Waals surface area contributed by atoms with Crippen LogP contribution in [0.5, 0.6) is 0 Å². The number of nitrogens with one attached hydrogen (secondary N) is 1. The van der Waals surface area contributed by atoms with Crippen LogP contribution in [-0.4, -0.2) is 0 Å². The van der Waals surface area contributed by atoms with Gasteiger partial charge in [0, 0.05) is 33.5 Å². The minimum atomic E-state index is 0. The predicted molar refractivity (Wildman–Crippen MR) is 522 cm³/mol. The third kappa shape index (κ3) is 15.3. The second-order valence-electron chi connectivity index (χ2n) is 30.3. The Balaban J connectivity index is 0.000000136. The molecule has 0 heterocycles. The number of benzene rings is 22. The molecule has 0 atom stereocenters. The molecule has 0 saturated carbocycles. The molecule has 22 aromatic carbocycles. The first-order chi connectivity index (χ1) is 59.0. The lowest BCUT2D eigenvalue weighted by Crippen LogP contribution is -2.10. The van der Waals surface area contributed by atoms with E-state index >= 15 is 0 Å². The van der Waals surface area contributed by atoms with Crippen molar-refractivity contribution < 1.29 is 4.70 Å². The van der Waals surface area contributed by atoms with Crippen LogP contribution in [-0.2, 0) is 0 Å². The molecule has 576 valence electrons. The van der Waals surface area contributed by atoms with Crippen molar-refractivity contribution in [3.8, 4) is 89.0 Å². The lowest BCUT2D eigenvalue weighted by Gasteiger charge is -2.27. The van der Waals surface area contributed by atoms with Gasteiger partial charge in [-0.3, -0.25) is 4.70 Å². The van der Waals surface area contributed by atoms with E-state index in [4.69, 9.17) is 11.6 Å². The SMILES string of the molecule is C.Clc1cccc(-c2c(-c3ccccc3)c3ccccc3c3ccccc23)c1.F.c1ccc(-c2c(-c3cccc(N(c4ccc(-c5cccc6ccccc56)cc4)c4ccc(-c5cccc6ccccc56)cc4)c3)c3ccccc3c3ccccc23)cc1.c1ccc2c(-c3ccc(Nc4ccc(-c5cccc6ccccc56)cc4)cc3)cccc2c1. The van der Waals surface area contributed by atoms with Gasteiger partial charge in [-0.1, -0.05) is 419 Å². The van der Waals surface area contributed by atoms with Gasteiger partial charge in [-0.05, 0) is 248 Å². The van der Waals surface area contributed by atoms with Gasteiger partial charge in [-0.25, -0.2) is 0 Å². The van der Waals surface area contributed by atoms with Gasteiger partial charge in [0.05, 0.1) is 0 Å². The van der Waals surface area contributed by atoms with E-state index in [1.807, 2.05) is 12.1 Å². The summed E-state index contributed by atoms with van der Waals surface area (Å²) in [6.07, 6.45) is 0. The number of rotatable bonds is 13. The van der Waals surface area contributed by atoms with E-state index in [0.717, 1.165) is 39.0 Å². The second-order valence-corrected chi connectivity index (χ2v) is 30.7. The topological polar surface area (TPSA) is 15.3 Å². The van der Waals surface area contributed by atoms with Crippen molar-refractivity contribution in [2.24, 2.45) is 0 Å². The molecular weight excluding hydrogens is 1490 g/mol. The molecule has 0 saturated heterocycles. The predicted octanol–water partition coefficient (Wildman–Crippen LogP) is 34.3. The quantitative estimate of drug-likeness (QED) is 0.116. The van der Waals surface area contributed by atoms with Crippen molar-refractivity contribution in [2.45, 2.75) is 7.43 Å². The summed E-state index contributed by atoms with van der Waals surface area (Å²) >= 11 is 6.36. The van der Waals surface area contributed by atoms with Gasteiger partial charge in [0.25, 0.3) is 0 Å². The molecule has 0 fully saturated rings. The van der Waals surface area contributed by atoms with Crippen LogP contribution >= 0.6 is 11.6 Å². The average molecular weight is 1570 g/mol. The highest BCUT2D eigenvalue weighted by Crippen LogP contribution is 2.49. The minimum Gasteiger partial charge on any atom is -0.356 e. The molecule has 121 heavy (non-hydrogen) atoms. The smallest absolute Gasteiger partial charge is 0.0467 e. The van der Waals surface area contributed by atoms with Crippen LogP contribution in [0, 0.1) is 0 Å². The maximum absolute atomic E-state index is 6.36. The van der Waals surface area contributed by atoms with Crippen LogP contribution in [0.25, 0.3) is 175 Å². The first-order valence-electron chi connectivity index (χ1n) is 40.7. The van der Waals surface area contributed by atoms with E-state index in [1.54, 1.807) is 0 Å². The van der Waals surface area contributed by atoms with Crippen LogP contribution in [0.3, 0.4) is 0 Å². The number of fused-ring (bicyclic) bond motifs is 10. The first kappa shape index (κ1) is 77.0. The molecule has 0 unspecified atom stereocenters. The minimum absolute atomic E-state index is 0. The van der Waals surface area contributed by atoms with Gasteiger partial charge in [0.1, 0.15) is 0 Å². The maximum Gasteiger partial charge on any atom is 0.0467 e. The maximum atomic E-state index is 6.36. The van der Waals surface area contributed by atoms with E-state index in [1.165, 1.54) is 170 Å². The summed E-state index contributed by atoms with van der Waals surface area (Å²) in [5.41, 5.74) is 25.0. The lowest BCUT2D eigenvalue weighted by atomic mass is 9.85. The highest BCUT2D eigenvalue weighted by molar-refractivity contribution is 6.31. The average Bonchev–Trinajstić information content (AvgIpc) is 0.735. The number of hydrogen-bond acceptors (Lipinski definition) is 2. The number of hydrogen-bond donors (Lipinski definition) is 1. The van der Waals surface area contributed by atoms with E-state index in [2.05, 4.69) is 471 Å². The number of anilines is 5. The molecule has 0 bridgehead atoms. The summed E-state index contributed by atoms with van der Waals surface area (Å²) in [6, 6.07) is 170. The molecule has 2 nitrogen and oxygen atoms in total. The number of nitrogens with zero attached hydrogens (tertiary/aromatic N) is 1. The third-order valence-electron chi connectivity index (χ3n) is 23.2. The standard InChI is InChI=1S/C58H39N.C32H23N.C26H17Cl.CH4.FH/c1-2-17-44(18-3-1)57-55-27-10-8-25-53(55)54-26-9-11-28-56(54)58(57)45-21-12-22-48(39-45)59(46-35-31-42(32-36-46)51-29-13-19-40-15-4-6-23-49(40)51)47-37-33-43(34-38-47)52-30-14-20-41-16-5-7-24-50(41)52;1-3-11-29-23(7-1)9-5-13-31(29)25-15-19-27(20-16-25)33-28-21-17-26(18-22-28)32-14-6-10-24-8-2-4-12-30(24)32;27-20-12-8-11-19(17-20)26-24-16-7-5-14-22(24)21-13-4-6-15-23(21)25(26)18-9-2-1-3-10-18;;/h1-39H;1-22,33H;1-17H;1H4;1H. The van der Waals surface area contributed by atoms with Crippen LogP contribution in [0.2, 0.25) is 5.02 Å². The Kier molecular flexibility index (Phi) is 22.0. The normalized spacial score (nSPS) is 11.0. The summed E-state index contributed by atoms with van der Waals surface area (Å²) < 4.78 is 0. The highest BCUT2D eigenvalue weighted by Gasteiger charge is 2.23. The fraction of sp³-hybridized carbons (Fsp3) is 0.00855. The monoisotopic (exact) mass is 1570 g/mol. The van der Waals surface area contributed by atoms with E-state index in [9.17, 15) is 0 Å². The van der Waals surface area contributed by atoms with Crippen LogP contribution < -0.4 is 10.2 Å². The fourth-order valence-electron chi connectivity index (χ4n) is 17.7. The Morgan fingerprint density at radius 2 is 0.413 bits per heavy atom. The van der Waals surface area contributed by atoms with Crippen molar-refractivity contribution in [3.05, 3.63) is 478 Å². The summed E-state index contributed by atoms with van der Waals surface area (Å²) in [5, 5.41) is 24.5. The first-order valence-corrected chi connectivity index (χ1v) is 41.1. The van der Waals surface area contributed by atoms with Crippen molar-refractivity contribution in [1.82, 2.24) is 0 Å². The Bertz CT molecular complexity index is 7230. The van der Waals surface area contributed by atoms with E-state index in [0.29, 0.717) is 0 Å². The molecular formula is C117H84ClFN2. The van der Waals surface area contributed by atoms with Crippen LogP contribution in [0.15, 0.2) is 473 Å². The Morgan fingerprint density at radius 1 is 0.174 bits per heavy atom. The van der Waals surface area contributed by atoms with Gasteiger partial charge in [0.15, 0.2) is 0 Å². The Hall–Kier alpha value is -15.3. The fourth-order valence-corrected chi connectivity index (χ4v) is 17.9. The zero-order valence-electron chi connectivity index (χ0n) is 65.8. The molecule has 0 radical (unpaired) electrons. The molecule has 22 rings (SSSR count). The molecule has 0 aliphatic carbocycles. The van der Waals surface area contributed by atoms with Gasteiger partial charge < -0.3 is 10.2 Å². The van der Waals surface area contributed by atoms with Crippen LogP contribution in [0.4, 0.5) is 33.1 Å². The Morgan fingerprint density at radius 3 is 0.736 bits per heavy atom. The second kappa shape index (κ2) is 34.5. The van der Waals surface area contributed by atoms with E-state index in [-0.39, 0.29) is 12.1 Å². The van der Waals surface area contributed by atoms with Gasteiger partial charge >= 0.3 is 0 Å². The summed E-state index contributed by atoms with van der Waals surface area (Å²) in [7, 11) is 0. The Labute approximate surface area is 710 Å². The van der Waals surface area contributed by atoms with Crippen molar-refractivity contribution in [1.29, 1.82) is 0 Å².